The number of amides is 1. The lowest BCUT2D eigenvalue weighted by Crippen LogP contribution is -2.36. The average molecular weight is 420 g/mol. The monoisotopic (exact) mass is 419 g/mol. The maximum Gasteiger partial charge on any atom is 0.411 e. The van der Waals surface area contributed by atoms with Crippen molar-refractivity contribution < 1.29 is 9.53 Å². The minimum absolute atomic E-state index is 0.0990. The number of benzene rings is 3. The Balaban J connectivity index is 1.58. The van der Waals surface area contributed by atoms with E-state index in [1.165, 1.54) is 0 Å². The van der Waals surface area contributed by atoms with Crippen molar-refractivity contribution in [2.75, 3.05) is 6.54 Å². The summed E-state index contributed by atoms with van der Waals surface area (Å²) in [4.78, 5) is 14.9. The maximum atomic E-state index is 13.1. The number of ether oxygens (including phenoxy) is 1. The average Bonchev–Trinajstić information content (AvgIpc) is 2.92. The second-order valence-corrected chi connectivity index (χ2v) is 8.45. The quantitative estimate of drug-likeness (QED) is 0.446. The van der Waals surface area contributed by atoms with E-state index in [9.17, 15) is 4.79 Å². The molecule has 4 rings (SSSR count). The summed E-state index contributed by atoms with van der Waals surface area (Å²) >= 11 is 6.39. The maximum absolute atomic E-state index is 13.1. The highest BCUT2D eigenvalue weighted by Gasteiger charge is 2.37. The van der Waals surface area contributed by atoms with Gasteiger partial charge in [-0.3, -0.25) is 0 Å². The Bertz CT molecular complexity index is 1040. The minimum Gasteiger partial charge on any atom is -0.438 e. The fourth-order valence-corrected chi connectivity index (χ4v) is 4.41. The van der Waals surface area contributed by atoms with Gasteiger partial charge in [-0.25, -0.2) is 4.79 Å². The summed E-state index contributed by atoms with van der Waals surface area (Å²) in [6, 6.07) is 25.9. The van der Waals surface area contributed by atoms with Gasteiger partial charge in [0.25, 0.3) is 0 Å². The first-order valence-electron chi connectivity index (χ1n) is 10.4. The van der Waals surface area contributed by atoms with Crippen LogP contribution in [0, 0.1) is 0 Å². The largest absolute Gasteiger partial charge is 0.438 e. The molecule has 1 aliphatic rings. The van der Waals surface area contributed by atoms with E-state index in [4.69, 9.17) is 16.3 Å². The van der Waals surface area contributed by atoms with E-state index in [2.05, 4.69) is 19.1 Å². The first kappa shape index (κ1) is 20.5. The normalized spacial score (nSPS) is 20.4. The molecule has 1 aliphatic heterocycles. The number of hydrogen-bond acceptors (Lipinski definition) is 2. The van der Waals surface area contributed by atoms with Crippen LogP contribution in [0.1, 0.15) is 43.9 Å². The zero-order valence-corrected chi connectivity index (χ0v) is 18.1. The molecular formula is C26H26ClNO2. The third kappa shape index (κ3) is 4.08. The van der Waals surface area contributed by atoms with E-state index in [0.717, 1.165) is 40.1 Å². The second kappa shape index (κ2) is 8.53. The zero-order valence-electron chi connectivity index (χ0n) is 17.3. The molecule has 1 heterocycles. The second-order valence-electron chi connectivity index (χ2n) is 8.04. The van der Waals surface area contributed by atoms with Crippen molar-refractivity contribution in [3.63, 3.8) is 0 Å². The Morgan fingerprint density at radius 2 is 1.73 bits per heavy atom. The Morgan fingerprint density at radius 3 is 2.50 bits per heavy atom. The summed E-state index contributed by atoms with van der Waals surface area (Å²) < 4.78 is 6.04. The number of halogens is 1. The van der Waals surface area contributed by atoms with Gasteiger partial charge in [-0.2, -0.15) is 0 Å². The Labute approximate surface area is 183 Å². The van der Waals surface area contributed by atoms with E-state index < -0.39 is 5.60 Å². The van der Waals surface area contributed by atoms with Gasteiger partial charge in [0.15, 0.2) is 0 Å². The van der Waals surface area contributed by atoms with Gasteiger partial charge in [0.1, 0.15) is 5.60 Å². The fourth-order valence-electron chi connectivity index (χ4n) is 4.17. The van der Waals surface area contributed by atoms with Crippen molar-refractivity contribution in [1.29, 1.82) is 0 Å². The summed E-state index contributed by atoms with van der Waals surface area (Å²) in [5.41, 5.74) is 3.53. The van der Waals surface area contributed by atoms with Gasteiger partial charge in [0.05, 0.1) is 6.04 Å². The fraction of sp³-hybridized carbons (Fsp3) is 0.269. The van der Waals surface area contributed by atoms with Gasteiger partial charge in [-0.1, -0.05) is 78.3 Å². The van der Waals surface area contributed by atoms with Gasteiger partial charge in [0, 0.05) is 17.1 Å². The van der Waals surface area contributed by atoms with E-state index in [-0.39, 0.29) is 12.1 Å². The Kier molecular flexibility index (Phi) is 5.83. The minimum atomic E-state index is -0.605. The molecule has 0 aromatic heterocycles. The smallest absolute Gasteiger partial charge is 0.411 e. The number of rotatable bonds is 4. The van der Waals surface area contributed by atoms with E-state index in [0.29, 0.717) is 6.54 Å². The molecule has 0 radical (unpaired) electrons. The number of carbonyl (C=O) groups is 1. The predicted molar refractivity (Wildman–Crippen MR) is 122 cm³/mol. The lowest BCUT2D eigenvalue weighted by molar-refractivity contribution is 0.00484. The molecule has 30 heavy (non-hydrogen) atoms. The van der Waals surface area contributed by atoms with Crippen LogP contribution in [0.25, 0.3) is 11.1 Å². The number of carbonyl (C=O) groups excluding carboxylic acids is 1. The van der Waals surface area contributed by atoms with Crippen molar-refractivity contribution in [2.45, 2.75) is 38.3 Å². The lowest BCUT2D eigenvalue weighted by Gasteiger charge is -2.31. The topological polar surface area (TPSA) is 29.5 Å². The molecule has 4 heteroatoms. The van der Waals surface area contributed by atoms with Crippen molar-refractivity contribution in [1.82, 2.24) is 4.90 Å². The van der Waals surface area contributed by atoms with Crippen LogP contribution >= 0.6 is 11.6 Å². The highest BCUT2D eigenvalue weighted by Crippen LogP contribution is 2.36. The van der Waals surface area contributed by atoms with E-state index >= 15 is 0 Å². The highest BCUT2D eigenvalue weighted by molar-refractivity contribution is 6.33. The molecule has 0 bridgehead atoms. The van der Waals surface area contributed by atoms with Crippen LogP contribution in [0.2, 0.25) is 5.02 Å². The van der Waals surface area contributed by atoms with Crippen molar-refractivity contribution >= 4 is 17.7 Å². The number of cyclic esters (lactones) is 1. The van der Waals surface area contributed by atoms with Crippen molar-refractivity contribution in [2.24, 2.45) is 0 Å². The summed E-state index contributed by atoms with van der Waals surface area (Å²) in [5, 5.41) is 0.718. The molecule has 1 saturated heterocycles. The molecular weight excluding hydrogens is 394 g/mol. The van der Waals surface area contributed by atoms with E-state index in [1.54, 1.807) is 0 Å². The molecule has 0 saturated carbocycles. The lowest BCUT2D eigenvalue weighted by atomic mass is 9.91. The SMILES string of the molecule is CC(c1cccc(-c2ccccc2Cl)c1)N1CCCC(C)(c2ccccc2)OC1=O. The van der Waals surface area contributed by atoms with Crippen LogP contribution in [0.15, 0.2) is 78.9 Å². The predicted octanol–water partition coefficient (Wildman–Crippen LogP) is 7.22. The van der Waals surface area contributed by atoms with Crippen LogP contribution in [0.5, 0.6) is 0 Å². The Morgan fingerprint density at radius 1 is 1.00 bits per heavy atom. The Hall–Kier alpha value is -2.78. The molecule has 0 N–H and O–H groups in total. The van der Waals surface area contributed by atoms with Gasteiger partial charge >= 0.3 is 6.09 Å². The standard InChI is InChI=1S/C26H26ClNO2/c1-19(20-10-8-11-21(18-20)23-14-6-7-15-24(23)27)28-17-9-16-26(2,30-25(28)29)22-12-4-3-5-13-22/h3-8,10-15,18-19H,9,16-17H2,1-2H3. The van der Waals surface area contributed by atoms with Crippen LogP contribution < -0.4 is 0 Å². The first-order chi connectivity index (χ1) is 14.5. The van der Waals surface area contributed by atoms with Crippen LogP contribution in [-0.2, 0) is 10.3 Å². The van der Waals surface area contributed by atoms with Crippen LogP contribution in [0.4, 0.5) is 4.79 Å². The third-order valence-corrected chi connectivity index (χ3v) is 6.34. The zero-order chi connectivity index (χ0) is 21.1. The molecule has 1 fully saturated rings. The van der Waals surface area contributed by atoms with Crippen molar-refractivity contribution in [3.8, 4) is 11.1 Å². The molecule has 3 nitrogen and oxygen atoms in total. The van der Waals surface area contributed by atoms with Crippen LogP contribution in [0.3, 0.4) is 0 Å². The summed E-state index contributed by atoms with van der Waals surface area (Å²) in [7, 11) is 0. The molecule has 2 unspecified atom stereocenters. The van der Waals surface area contributed by atoms with Gasteiger partial charge in [0.2, 0.25) is 0 Å². The summed E-state index contributed by atoms with van der Waals surface area (Å²) in [5.74, 6) is 0. The van der Waals surface area contributed by atoms with Gasteiger partial charge < -0.3 is 9.64 Å². The summed E-state index contributed by atoms with van der Waals surface area (Å²) in [6.07, 6.45) is 1.41. The van der Waals surface area contributed by atoms with Crippen LogP contribution in [-0.4, -0.2) is 17.5 Å². The molecule has 1 amide bonds. The molecule has 2 atom stereocenters. The molecule has 154 valence electrons. The van der Waals surface area contributed by atoms with Gasteiger partial charge in [-0.05, 0) is 55.5 Å². The van der Waals surface area contributed by atoms with Crippen molar-refractivity contribution in [3.05, 3.63) is 95.0 Å². The molecule has 3 aromatic rings. The third-order valence-electron chi connectivity index (χ3n) is 6.01. The highest BCUT2D eigenvalue weighted by atomic mass is 35.5. The number of hydrogen-bond donors (Lipinski definition) is 0. The molecule has 0 aliphatic carbocycles. The summed E-state index contributed by atoms with van der Waals surface area (Å²) in [6.45, 7) is 4.73. The molecule has 0 spiro atoms. The van der Waals surface area contributed by atoms with E-state index in [1.807, 2.05) is 78.6 Å². The number of nitrogens with zero attached hydrogens (tertiary/aromatic N) is 1. The molecule has 3 aromatic carbocycles. The first-order valence-corrected chi connectivity index (χ1v) is 10.8. The van der Waals surface area contributed by atoms with Gasteiger partial charge in [-0.15, -0.1) is 0 Å².